The van der Waals surface area contributed by atoms with Gasteiger partial charge >= 0.3 is 5.97 Å². The molecule has 4 heterocycles. The topological polar surface area (TPSA) is 113 Å². The fourth-order valence-corrected chi connectivity index (χ4v) is 5.79. The van der Waals surface area contributed by atoms with Crippen LogP contribution in [-0.4, -0.2) is 63.8 Å². The molecule has 0 spiro atoms. The second-order valence-corrected chi connectivity index (χ2v) is 10.1. The van der Waals surface area contributed by atoms with Crippen LogP contribution in [0.5, 0.6) is 5.88 Å². The van der Waals surface area contributed by atoms with Crippen LogP contribution in [-0.2, 0) is 0 Å². The van der Waals surface area contributed by atoms with Crippen LogP contribution in [0.1, 0.15) is 23.0 Å². The monoisotopic (exact) mass is 526 g/mol. The van der Waals surface area contributed by atoms with Gasteiger partial charge in [-0.1, -0.05) is 36.4 Å². The zero-order valence-corrected chi connectivity index (χ0v) is 21.9. The second-order valence-electron chi connectivity index (χ2n) is 9.05. The number of fused-ring (bicyclic) bond motifs is 3. The Morgan fingerprint density at radius 3 is 2.53 bits per heavy atom. The highest BCUT2D eigenvalue weighted by Gasteiger charge is 2.22. The number of rotatable bonds is 6. The van der Waals surface area contributed by atoms with Crippen molar-refractivity contribution in [2.24, 2.45) is 0 Å². The van der Waals surface area contributed by atoms with E-state index in [-0.39, 0.29) is 5.56 Å². The number of nitrogens with one attached hydrogen (secondary N) is 1. The Morgan fingerprint density at radius 2 is 1.79 bits per heavy atom. The number of hydrogen-bond donors (Lipinski definition) is 2. The van der Waals surface area contributed by atoms with Gasteiger partial charge in [0.05, 0.1) is 23.3 Å². The molecule has 10 heteroatoms. The minimum Gasteiger partial charge on any atom is -0.478 e. The zero-order chi connectivity index (χ0) is 26.2. The van der Waals surface area contributed by atoms with Crippen molar-refractivity contribution in [2.75, 3.05) is 37.7 Å². The van der Waals surface area contributed by atoms with Crippen LogP contribution in [0.15, 0.2) is 48.5 Å². The SMILES string of the molecule is CCOc1nc(N2CCNCC2)nc2c1sc1nc(-c3ccc(-c4cccc(C(=O)O)c4)cc3)nc(C)c12. The lowest BCUT2D eigenvalue weighted by Gasteiger charge is -2.27. The molecule has 2 aromatic carbocycles. The molecule has 0 radical (unpaired) electrons. The van der Waals surface area contributed by atoms with Crippen LogP contribution < -0.4 is 15.0 Å². The van der Waals surface area contributed by atoms with Gasteiger partial charge in [0.25, 0.3) is 0 Å². The summed E-state index contributed by atoms with van der Waals surface area (Å²) in [5.74, 6) is 0.943. The normalized spacial score (nSPS) is 13.8. The van der Waals surface area contributed by atoms with Gasteiger partial charge in [0.2, 0.25) is 11.8 Å². The van der Waals surface area contributed by atoms with Crippen LogP contribution in [0.2, 0.25) is 0 Å². The minimum atomic E-state index is -0.943. The first-order chi connectivity index (χ1) is 18.5. The molecule has 38 heavy (non-hydrogen) atoms. The summed E-state index contributed by atoms with van der Waals surface area (Å²) in [7, 11) is 0. The van der Waals surface area contributed by atoms with Crippen molar-refractivity contribution in [3.8, 4) is 28.4 Å². The van der Waals surface area contributed by atoms with Gasteiger partial charge in [-0.3, -0.25) is 0 Å². The van der Waals surface area contributed by atoms with E-state index in [9.17, 15) is 9.90 Å². The third-order valence-corrected chi connectivity index (χ3v) is 7.64. The zero-order valence-electron chi connectivity index (χ0n) is 21.1. The van der Waals surface area contributed by atoms with Crippen LogP contribution in [0.4, 0.5) is 5.95 Å². The van der Waals surface area contributed by atoms with Crippen molar-refractivity contribution in [1.82, 2.24) is 25.3 Å². The number of hydrogen-bond acceptors (Lipinski definition) is 9. The van der Waals surface area contributed by atoms with E-state index in [1.54, 1.807) is 18.2 Å². The molecule has 3 aromatic heterocycles. The summed E-state index contributed by atoms with van der Waals surface area (Å²) in [5, 5.41) is 13.6. The molecule has 0 aliphatic carbocycles. The summed E-state index contributed by atoms with van der Waals surface area (Å²) in [4.78, 5) is 33.8. The maximum atomic E-state index is 11.3. The number of carboxylic acid groups (broad SMARTS) is 1. The maximum absolute atomic E-state index is 11.3. The van der Waals surface area contributed by atoms with Gasteiger partial charge in [-0.15, -0.1) is 11.3 Å². The number of aromatic nitrogens is 4. The van der Waals surface area contributed by atoms with Gasteiger partial charge in [-0.2, -0.15) is 4.98 Å². The third kappa shape index (κ3) is 4.42. The van der Waals surface area contributed by atoms with Crippen molar-refractivity contribution in [2.45, 2.75) is 13.8 Å². The van der Waals surface area contributed by atoms with E-state index in [0.29, 0.717) is 24.3 Å². The lowest BCUT2D eigenvalue weighted by atomic mass is 10.0. The third-order valence-electron chi connectivity index (χ3n) is 6.58. The van der Waals surface area contributed by atoms with E-state index in [1.807, 2.05) is 44.2 Å². The van der Waals surface area contributed by atoms with Gasteiger partial charge in [-0.05, 0) is 37.1 Å². The average Bonchev–Trinajstić information content (AvgIpc) is 3.33. The number of aromatic carboxylic acids is 1. The number of nitrogens with zero attached hydrogens (tertiary/aromatic N) is 5. The number of thiophene rings is 1. The van der Waals surface area contributed by atoms with Crippen LogP contribution >= 0.6 is 11.3 Å². The molecule has 0 amide bonds. The van der Waals surface area contributed by atoms with Gasteiger partial charge in [0.15, 0.2) is 5.82 Å². The van der Waals surface area contributed by atoms with Gasteiger partial charge in [0, 0.05) is 31.7 Å². The Balaban J connectivity index is 1.41. The van der Waals surface area contributed by atoms with Crippen molar-refractivity contribution < 1.29 is 14.6 Å². The van der Waals surface area contributed by atoms with Gasteiger partial charge < -0.3 is 20.1 Å². The van der Waals surface area contributed by atoms with Gasteiger partial charge in [0.1, 0.15) is 15.0 Å². The van der Waals surface area contributed by atoms with E-state index >= 15 is 0 Å². The fourth-order valence-electron chi connectivity index (χ4n) is 4.68. The van der Waals surface area contributed by atoms with Crippen molar-refractivity contribution in [3.05, 3.63) is 59.8 Å². The minimum absolute atomic E-state index is 0.260. The van der Waals surface area contributed by atoms with Crippen LogP contribution in [0, 0.1) is 6.92 Å². The van der Waals surface area contributed by atoms with Crippen molar-refractivity contribution in [1.29, 1.82) is 0 Å². The largest absolute Gasteiger partial charge is 0.478 e. The molecule has 192 valence electrons. The van der Waals surface area contributed by atoms with E-state index in [1.165, 1.54) is 11.3 Å². The van der Waals surface area contributed by atoms with E-state index in [4.69, 9.17) is 24.7 Å². The molecule has 9 nitrogen and oxygen atoms in total. The Bertz CT molecular complexity index is 1660. The van der Waals surface area contributed by atoms with E-state index in [0.717, 1.165) is 69.0 Å². The summed E-state index contributed by atoms with van der Waals surface area (Å²) in [6.07, 6.45) is 0. The highest BCUT2D eigenvalue weighted by molar-refractivity contribution is 7.25. The smallest absolute Gasteiger partial charge is 0.335 e. The quantitative estimate of drug-likeness (QED) is 0.323. The van der Waals surface area contributed by atoms with E-state index < -0.39 is 5.97 Å². The second kappa shape index (κ2) is 9.96. The summed E-state index contributed by atoms with van der Waals surface area (Å²) in [6, 6.07) is 14.8. The molecule has 1 saturated heterocycles. The standard InChI is InChI=1S/C28H26N6O3S/c1-3-37-25-23-22(31-28(33-25)34-13-11-29-12-14-34)21-16(2)30-24(32-26(21)38-23)18-9-7-17(8-10-18)19-5-4-6-20(15-19)27(35)36/h4-10,15,29H,3,11-14H2,1-2H3,(H,35,36). The summed E-state index contributed by atoms with van der Waals surface area (Å²) >= 11 is 1.52. The predicted molar refractivity (Wildman–Crippen MR) is 149 cm³/mol. The lowest BCUT2D eigenvalue weighted by Crippen LogP contribution is -2.44. The Kier molecular flexibility index (Phi) is 6.34. The van der Waals surface area contributed by atoms with Crippen molar-refractivity contribution in [3.63, 3.8) is 0 Å². The average molecular weight is 527 g/mol. The first kappa shape index (κ1) is 24.2. The molecule has 0 atom stereocenters. The number of ether oxygens (including phenoxy) is 1. The Hall–Kier alpha value is -4.15. The number of piperazine rings is 1. The molecule has 6 rings (SSSR count). The number of carboxylic acids is 1. The molecule has 0 unspecified atom stereocenters. The highest BCUT2D eigenvalue weighted by atomic mass is 32.1. The molecule has 1 aliphatic rings. The Morgan fingerprint density at radius 1 is 1.03 bits per heavy atom. The predicted octanol–water partition coefficient (Wildman–Crippen LogP) is 4.78. The molecule has 1 aliphatic heterocycles. The van der Waals surface area contributed by atoms with E-state index in [2.05, 4.69) is 10.2 Å². The number of aryl methyl sites for hydroxylation is 1. The van der Waals surface area contributed by atoms with Gasteiger partial charge in [-0.25, -0.2) is 19.7 Å². The summed E-state index contributed by atoms with van der Waals surface area (Å²) < 4.78 is 6.82. The molecule has 5 aromatic rings. The molecule has 1 fully saturated rings. The molecule has 2 N–H and O–H groups in total. The molecular weight excluding hydrogens is 500 g/mol. The summed E-state index contributed by atoms with van der Waals surface area (Å²) in [6.45, 7) is 7.93. The number of anilines is 1. The lowest BCUT2D eigenvalue weighted by molar-refractivity contribution is 0.0697. The maximum Gasteiger partial charge on any atom is 0.335 e. The first-order valence-electron chi connectivity index (χ1n) is 12.5. The number of carbonyl (C=O) groups is 1. The van der Waals surface area contributed by atoms with Crippen molar-refractivity contribution >= 4 is 43.7 Å². The van der Waals surface area contributed by atoms with Crippen LogP contribution in [0.25, 0.3) is 42.9 Å². The fraction of sp³-hybridized carbons (Fsp3) is 0.250. The highest BCUT2D eigenvalue weighted by Crippen LogP contribution is 2.39. The molecule has 0 saturated carbocycles. The Labute approximate surface area is 223 Å². The summed E-state index contributed by atoms with van der Waals surface area (Å²) in [5.41, 5.74) is 4.58. The molecule has 0 bridgehead atoms. The first-order valence-corrected chi connectivity index (χ1v) is 13.3. The molecular formula is C28H26N6O3S. The number of benzene rings is 2. The van der Waals surface area contributed by atoms with Crippen LogP contribution in [0.3, 0.4) is 0 Å².